The monoisotopic (exact) mass is 654 g/mol. The molecule has 1 aliphatic rings. The smallest absolute Gasteiger partial charge is 0.252 e. The van der Waals surface area contributed by atoms with Crippen molar-refractivity contribution in [1.29, 1.82) is 0 Å². The van der Waals surface area contributed by atoms with E-state index in [1.54, 1.807) is 12.1 Å². The molecular formula is C42H39FN2O4. The molecule has 0 bridgehead atoms. The minimum Gasteiger partial charge on any atom is -0.494 e. The number of nitrogens with one attached hydrogen (secondary N) is 1. The summed E-state index contributed by atoms with van der Waals surface area (Å²) in [4.78, 5) is 19.6. The molecule has 0 spiro atoms. The zero-order chi connectivity index (χ0) is 33.9. The fourth-order valence-electron chi connectivity index (χ4n) is 5.86. The van der Waals surface area contributed by atoms with E-state index in [-0.39, 0.29) is 24.8 Å². The molecule has 1 amide bonds. The fraction of sp³-hybridized carbons (Fsp3) is 0.190. The third-order valence-electron chi connectivity index (χ3n) is 8.50. The first-order chi connectivity index (χ1) is 24.0. The third-order valence-corrected chi connectivity index (χ3v) is 8.50. The van der Waals surface area contributed by atoms with Gasteiger partial charge in [0, 0.05) is 31.6 Å². The first kappa shape index (κ1) is 33.4. The highest BCUT2D eigenvalue weighted by atomic mass is 19.1. The molecule has 248 valence electrons. The fourth-order valence-corrected chi connectivity index (χ4v) is 5.86. The first-order valence-corrected chi connectivity index (χ1v) is 16.5. The molecule has 0 saturated heterocycles. The van der Waals surface area contributed by atoms with Crippen LogP contribution in [-0.4, -0.2) is 42.2 Å². The highest BCUT2D eigenvalue weighted by Gasteiger charge is 2.52. The van der Waals surface area contributed by atoms with Gasteiger partial charge in [0.05, 0.1) is 6.61 Å². The van der Waals surface area contributed by atoms with Crippen molar-refractivity contribution in [2.45, 2.75) is 30.9 Å². The van der Waals surface area contributed by atoms with Crippen LogP contribution in [0, 0.1) is 5.82 Å². The second-order valence-electron chi connectivity index (χ2n) is 11.9. The van der Waals surface area contributed by atoms with Gasteiger partial charge in [0.15, 0.2) is 11.6 Å². The molecule has 2 N–H and O–H groups in total. The number of amides is 1. The van der Waals surface area contributed by atoms with Crippen molar-refractivity contribution in [3.8, 4) is 16.9 Å². The molecule has 1 aliphatic heterocycles. The van der Waals surface area contributed by atoms with Crippen LogP contribution in [0.25, 0.3) is 17.2 Å². The van der Waals surface area contributed by atoms with Crippen LogP contribution in [0.3, 0.4) is 0 Å². The summed E-state index contributed by atoms with van der Waals surface area (Å²) in [6, 6.07) is 41.8. The summed E-state index contributed by atoms with van der Waals surface area (Å²) in [5.74, 6) is 0.469. The van der Waals surface area contributed by atoms with Gasteiger partial charge in [-0.3, -0.25) is 4.79 Å². The number of hydrogen-bond acceptors (Lipinski definition) is 5. The van der Waals surface area contributed by atoms with Gasteiger partial charge in [-0.1, -0.05) is 109 Å². The van der Waals surface area contributed by atoms with Gasteiger partial charge in [0.1, 0.15) is 11.6 Å². The first-order valence-electron chi connectivity index (χ1n) is 16.5. The predicted molar refractivity (Wildman–Crippen MR) is 192 cm³/mol. The number of aliphatic hydroxyl groups is 1. The van der Waals surface area contributed by atoms with Crippen LogP contribution in [0.1, 0.15) is 41.2 Å². The Bertz CT molecular complexity index is 1860. The number of hydrogen-bond donors (Lipinski definition) is 2. The predicted octanol–water partition coefficient (Wildman–Crippen LogP) is 7.97. The van der Waals surface area contributed by atoms with Crippen LogP contribution in [0.5, 0.6) is 5.75 Å². The molecule has 0 fully saturated rings. The van der Waals surface area contributed by atoms with Crippen LogP contribution in [0.4, 0.5) is 4.39 Å². The molecular weight excluding hydrogens is 615 g/mol. The maximum absolute atomic E-state index is 14.5. The third kappa shape index (κ3) is 8.31. The number of rotatable bonds is 14. The summed E-state index contributed by atoms with van der Waals surface area (Å²) in [7, 11) is 0. The van der Waals surface area contributed by atoms with E-state index in [4.69, 9.17) is 19.6 Å². The number of ether oxygens (including phenoxy) is 2. The van der Waals surface area contributed by atoms with Crippen LogP contribution < -0.4 is 10.1 Å². The summed E-state index contributed by atoms with van der Waals surface area (Å²) in [6.45, 7) is 0.811. The molecule has 0 aromatic heterocycles. The van der Waals surface area contributed by atoms with Crippen molar-refractivity contribution < 1.29 is 23.8 Å². The lowest BCUT2D eigenvalue weighted by molar-refractivity contribution is -0.128. The Kier molecular flexibility index (Phi) is 10.9. The van der Waals surface area contributed by atoms with E-state index in [0.717, 1.165) is 27.8 Å². The average Bonchev–Trinajstić information content (AvgIpc) is 3.54. The molecule has 0 aliphatic carbocycles. The summed E-state index contributed by atoms with van der Waals surface area (Å²) < 4.78 is 25.9. The maximum Gasteiger partial charge on any atom is 0.252 e. The van der Waals surface area contributed by atoms with E-state index < -0.39 is 11.6 Å². The Morgan fingerprint density at radius 1 is 0.837 bits per heavy atom. The van der Waals surface area contributed by atoms with Gasteiger partial charge in [0.2, 0.25) is 5.90 Å². The largest absolute Gasteiger partial charge is 0.494 e. The molecule has 6 rings (SSSR count). The van der Waals surface area contributed by atoms with Crippen molar-refractivity contribution in [2.24, 2.45) is 4.99 Å². The van der Waals surface area contributed by atoms with E-state index in [0.29, 0.717) is 43.2 Å². The maximum atomic E-state index is 14.5. The van der Waals surface area contributed by atoms with Crippen molar-refractivity contribution in [2.75, 3.05) is 19.8 Å². The normalized spacial score (nSPS) is 17.0. The lowest BCUT2D eigenvalue weighted by Gasteiger charge is -2.30. The second-order valence-corrected chi connectivity index (χ2v) is 11.9. The van der Waals surface area contributed by atoms with Gasteiger partial charge in [-0.15, -0.1) is 0 Å². The summed E-state index contributed by atoms with van der Waals surface area (Å²) in [6.07, 6.45) is 4.61. The second kappa shape index (κ2) is 16.0. The Labute approximate surface area is 286 Å². The highest BCUT2D eigenvalue weighted by molar-refractivity contribution is 6.01. The number of carbonyl (C=O) groups excluding carboxylic acids is 1. The van der Waals surface area contributed by atoms with Crippen LogP contribution >= 0.6 is 0 Å². The van der Waals surface area contributed by atoms with Crippen molar-refractivity contribution >= 4 is 17.9 Å². The van der Waals surface area contributed by atoms with E-state index in [1.165, 1.54) is 12.1 Å². The minimum atomic E-state index is -1.33. The SMILES string of the molecule is O=C(NCCc1ccc(F)cc1)[C@]1(C/C=C/c2ccccc2)N=C(c2ccc(OCCCO)cc2)O[C@@H]1c1ccc(-c2ccccc2)cc1. The zero-order valence-electron chi connectivity index (χ0n) is 27.2. The molecule has 7 heteroatoms. The van der Waals surface area contributed by atoms with Gasteiger partial charge in [0.25, 0.3) is 5.91 Å². The summed E-state index contributed by atoms with van der Waals surface area (Å²) >= 11 is 0. The van der Waals surface area contributed by atoms with Crippen molar-refractivity contribution in [3.63, 3.8) is 0 Å². The number of nitrogens with zero attached hydrogens (tertiary/aromatic N) is 1. The minimum absolute atomic E-state index is 0.0587. The molecule has 2 atom stereocenters. The van der Waals surface area contributed by atoms with Crippen LogP contribution in [-0.2, 0) is 16.0 Å². The Balaban J connectivity index is 1.35. The van der Waals surface area contributed by atoms with Crippen molar-refractivity contribution in [3.05, 3.63) is 168 Å². The van der Waals surface area contributed by atoms with Crippen molar-refractivity contribution in [1.82, 2.24) is 5.32 Å². The molecule has 5 aromatic carbocycles. The number of aliphatic imine (C=N–C) groups is 1. The average molecular weight is 655 g/mol. The van der Waals surface area contributed by atoms with E-state index in [1.807, 2.05) is 109 Å². The van der Waals surface area contributed by atoms with E-state index in [2.05, 4.69) is 17.4 Å². The number of benzene rings is 5. The molecule has 5 aromatic rings. The Morgan fingerprint density at radius 3 is 2.18 bits per heavy atom. The number of halogens is 1. The van der Waals surface area contributed by atoms with Crippen LogP contribution in [0.2, 0.25) is 0 Å². The lowest BCUT2D eigenvalue weighted by Crippen LogP contribution is -2.48. The van der Waals surface area contributed by atoms with Gasteiger partial charge >= 0.3 is 0 Å². The van der Waals surface area contributed by atoms with Gasteiger partial charge in [-0.05, 0) is 70.6 Å². The summed E-state index contributed by atoms with van der Waals surface area (Å²) in [5.41, 5.74) is 4.29. The summed E-state index contributed by atoms with van der Waals surface area (Å²) in [5, 5.41) is 12.2. The van der Waals surface area contributed by atoms with E-state index in [9.17, 15) is 9.18 Å². The highest BCUT2D eigenvalue weighted by Crippen LogP contribution is 2.43. The zero-order valence-corrected chi connectivity index (χ0v) is 27.2. The Hall–Kier alpha value is -5.53. The molecule has 49 heavy (non-hydrogen) atoms. The number of carbonyl (C=O) groups is 1. The van der Waals surface area contributed by atoms with Gasteiger partial charge in [-0.25, -0.2) is 9.38 Å². The lowest BCUT2D eigenvalue weighted by atomic mass is 9.83. The molecule has 0 saturated carbocycles. The topological polar surface area (TPSA) is 80.2 Å². The molecule has 0 unspecified atom stereocenters. The van der Waals surface area contributed by atoms with Crippen LogP contribution in [0.15, 0.2) is 145 Å². The molecule has 6 nitrogen and oxygen atoms in total. The van der Waals surface area contributed by atoms with Gasteiger partial charge in [-0.2, -0.15) is 0 Å². The Morgan fingerprint density at radius 2 is 1.49 bits per heavy atom. The quantitative estimate of drug-likeness (QED) is 0.119. The standard InChI is InChI=1S/C42H39FN2O4/c43-37-22-14-32(15-23-37)26-28-44-41(47)42(27-7-11-31-9-3-1-4-10-31)39(35-18-16-34(17-19-35)33-12-5-2-6-13-33)49-40(45-42)36-20-24-38(25-21-36)48-30-8-29-46/h1-7,9-25,39,46H,8,26-30H2,(H,44,47)/b11-7+/t39-,42-/m1/s1. The van der Waals surface area contributed by atoms with Gasteiger partial charge < -0.3 is 19.9 Å². The molecule has 0 radical (unpaired) electrons. The molecule has 1 heterocycles. The number of aliphatic hydroxyl groups excluding tert-OH is 1. The van der Waals surface area contributed by atoms with E-state index >= 15 is 0 Å².